The van der Waals surface area contributed by atoms with Crippen molar-refractivity contribution in [2.75, 3.05) is 16.6 Å². The van der Waals surface area contributed by atoms with Crippen molar-refractivity contribution in [3.05, 3.63) is 30.0 Å². The Kier molecular flexibility index (Phi) is 7.59. The molecule has 0 spiro atoms. The van der Waals surface area contributed by atoms with Gasteiger partial charge in [0.2, 0.25) is 15.9 Å². The zero-order chi connectivity index (χ0) is 26.0. The molecule has 3 atom stereocenters. The van der Waals surface area contributed by atoms with Crippen molar-refractivity contribution in [1.29, 1.82) is 5.26 Å². The average molecular weight is 514 g/mol. The number of sulfonamides is 1. The van der Waals surface area contributed by atoms with Crippen molar-refractivity contribution in [3.63, 3.8) is 0 Å². The van der Waals surface area contributed by atoms with E-state index in [9.17, 15) is 23.3 Å². The number of amides is 2. The molecule has 0 bridgehead atoms. The van der Waals surface area contributed by atoms with E-state index in [4.69, 9.17) is 0 Å². The number of rotatable bonds is 7. The Balaban J connectivity index is 1.63. The quantitative estimate of drug-likeness (QED) is 0.589. The smallest absolute Gasteiger partial charge is 0.270 e. The summed E-state index contributed by atoms with van der Waals surface area (Å²) in [5.74, 6) is -0.734. The second-order valence-corrected chi connectivity index (χ2v) is 12.3. The van der Waals surface area contributed by atoms with Crippen LogP contribution in [0.3, 0.4) is 0 Å². The van der Waals surface area contributed by atoms with Crippen LogP contribution in [0.15, 0.2) is 24.3 Å². The van der Waals surface area contributed by atoms with Gasteiger partial charge in [-0.25, -0.2) is 8.42 Å². The SMILES string of the molecule is CC(C)C[C@@H](C#N)NC(=O)[C@@H]1CCCC[C@@H]1NC(=O)c1c(N2CCCS2(=O)=O)c2ccccc2n1C. The zero-order valence-electron chi connectivity index (χ0n) is 21.2. The predicted molar refractivity (Wildman–Crippen MR) is 139 cm³/mol. The highest BCUT2D eigenvalue weighted by Gasteiger charge is 2.38. The lowest BCUT2D eigenvalue weighted by Crippen LogP contribution is -2.50. The molecule has 1 aliphatic heterocycles. The lowest BCUT2D eigenvalue weighted by Gasteiger charge is -2.32. The maximum atomic E-state index is 13.7. The van der Waals surface area contributed by atoms with E-state index >= 15 is 0 Å². The van der Waals surface area contributed by atoms with Crippen LogP contribution in [0, 0.1) is 23.2 Å². The van der Waals surface area contributed by atoms with Gasteiger partial charge < -0.3 is 15.2 Å². The Bertz CT molecular complexity index is 1290. The third kappa shape index (κ3) is 5.07. The lowest BCUT2D eigenvalue weighted by atomic mass is 9.83. The summed E-state index contributed by atoms with van der Waals surface area (Å²) in [5.41, 5.74) is 1.45. The number of benzene rings is 1. The van der Waals surface area contributed by atoms with Gasteiger partial charge in [0.1, 0.15) is 11.7 Å². The number of hydrogen-bond donors (Lipinski definition) is 2. The zero-order valence-corrected chi connectivity index (χ0v) is 22.0. The van der Waals surface area contributed by atoms with Crippen LogP contribution in [0.5, 0.6) is 0 Å². The Morgan fingerprint density at radius 1 is 1.17 bits per heavy atom. The molecule has 4 rings (SSSR count). The molecule has 2 aromatic rings. The monoisotopic (exact) mass is 513 g/mol. The Labute approximate surface area is 212 Å². The van der Waals surface area contributed by atoms with E-state index in [0.29, 0.717) is 43.3 Å². The van der Waals surface area contributed by atoms with Gasteiger partial charge in [-0.15, -0.1) is 0 Å². The fourth-order valence-electron chi connectivity index (χ4n) is 5.52. The first-order chi connectivity index (χ1) is 17.1. The van der Waals surface area contributed by atoms with Crippen molar-refractivity contribution < 1.29 is 18.0 Å². The van der Waals surface area contributed by atoms with Crippen LogP contribution in [0.4, 0.5) is 5.69 Å². The van der Waals surface area contributed by atoms with Gasteiger partial charge in [-0.1, -0.05) is 44.9 Å². The second kappa shape index (κ2) is 10.5. The molecule has 2 aliphatic rings. The fraction of sp³-hybridized carbons (Fsp3) is 0.577. The lowest BCUT2D eigenvalue weighted by molar-refractivity contribution is -0.127. The summed E-state index contributed by atoms with van der Waals surface area (Å²) in [7, 11) is -1.75. The molecule has 194 valence electrons. The molecule has 10 heteroatoms. The standard InChI is InChI=1S/C26H35N5O4S/c1-17(2)15-18(16-27)28-25(32)19-9-4-6-11-21(19)29-26(33)24-23(31-13-8-14-36(31,34)35)20-10-5-7-12-22(20)30(24)3/h5,7,10,12,17-19,21H,4,6,8-9,11,13-15H2,1-3H3,(H,28,32)(H,29,33)/t18-,19+,21-/m0/s1. The first-order valence-electron chi connectivity index (χ1n) is 12.7. The highest BCUT2D eigenvalue weighted by Crippen LogP contribution is 2.37. The predicted octanol–water partition coefficient (Wildman–Crippen LogP) is 3.06. The van der Waals surface area contributed by atoms with Crippen molar-refractivity contribution in [2.24, 2.45) is 18.9 Å². The van der Waals surface area contributed by atoms with Crippen molar-refractivity contribution >= 4 is 38.4 Å². The van der Waals surface area contributed by atoms with Crippen LogP contribution in [0.1, 0.15) is 62.9 Å². The average Bonchev–Trinajstić information content (AvgIpc) is 3.33. The number of nitrogens with one attached hydrogen (secondary N) is 2. The van der Waals surface area contributed by atoms with Crippen LogP contribution in [-0.4, -0.2) is 49.2 Å². The van der Waals surface area contributed by atoms with E-state index in [1.807, 2.05) is 38.1 Å². The van der Waals surface area contributed by atoms with Gasteiger partial charge >= 0.3 is 0 Å². The molecule has 2 heterocycles. The normalized spacial score (nSPS) is 22.4. The molecule has 1 aromatic heterocycles. The topological polar surface area (TPSA) is 124 Å². The minimum absolute atomic E-state index is 0.0542. The van der Waals surface area contributed by atoms with E-state index in [-0.39, 0.29) is 23.3 Å². The van der Waals surface area contributed by atoms with Crippen molar-refractivity contribution in [1.82, 2.24) is 15.2 Å². The van der Waals surface area contributed by atoms with Gasteiger partial charge in [0.05, 0.1) is 28.9 Å². The number of hydrogen-bond acceptors (Lipinski definition) is 5. The van der Waals surface area contributed by atoms with Crippen molar-refractivity contribution in [2.45, 2.75) is 64.5 Å². The Morgan fingerprint density at radius 3 is 2.56 bits per heavy atom. The molecule has 1 saturated heterocycles. The minimum Gasteiger partial charge on any atom is -0.347 e. The Hall–Kier alpha value is -3.06. The molecule has 9 nitrogen and oxygen atoms in total. The first kappa shape index (κ1) is 26.0. The molecule has 1 aromatic carbocycles. The third-order valence-electron chi connectivity index (χ3n) is 7.24. The number of nitriles is 1. The molecule has 0 radical (unpaired) electrons. The van der Waals surface area contributed by atoms with Crippen LogP contribution < -0.4 is 14.9 Å². The van der Waals surface area contributed by atoms with Crippen LogP contribution in [0.2, 0.25) is 0 Å². The van der Waals surface area contributed by atoms with Crippen LogP contribution in [0.25, 0.3) is 10.9 Å². The van der Waals surface area contributed by atoms with Gasteiger partial charge in [-0.05, 0) is 37.7 Å². The highest BCUT2D eigenvalue weighted by atomic mass is 32.2. The van der Waals surface area contributed by atoms with Gasteiger partial charge in [-0.3, -0.25) is 13.9 Å². The van der Waals surface area contributed by atoms with E-state index in [0.717, 1.165) is 18.4 Å². The molecule has 36 heavy (non-hydrogen) atoms. The summed E-state index contributed by atoms with van der Waals surface area (Å²) in [4.78, 5) is 26.9. The summed E-state index contributed by atoms with van der Waals surface area (Å²) < 4.78 is 28.8. The van der Waals surface area contributed by atoms with Gasteiger partial charge in [0.25, 0.3) is 5.91 Å². The van der Waals surface area contributed by atoms with E-state index < -0.39 is 33.9 Å². The maximum Gasteiger partial charge on any atom is 0.270 e. The maximum absolute atomic E-state index is 13.7. The van der Waals surface area contributed by atoms with Gasteiger partial charge in [-0.2, -0.15) is 5.26 Å². The molecule has 2 N–H and O–H groups in total. The molecular formula is C26H35N5O4S. The number of carbonyl (C=O) groups is 2. The number of fused-ring (bicyclic) bond motifs is 1. The highest BCUT2D eigenvalue weighted by molar-refractivity contribution is 7.93. The summed E-state index contributed by atoms with van der Waals surface area (Å²) in [5, 5.41) is 16.1. The summed E-state index contributed by atoms with van der Waals surface area (Å²) in [6, 6.07) is 8.60. The minimum atomic E-state index is -3.51. The molecule has 1 aliphatic carbocycles. The summed E-state index contributed by atoms with van der Waals surface area (Å²) >= 11 is 0. The van der Waals surface area contributed by atoms with Crippen LogP contribution >= 0.6 is 0 Å². The largest absolute Gasteiger partial charge is 0.347 e. The van der Waals surface area contributed by atoms with Gasteiger partial charge in [0, 0.05) is 25.0 Å². The molecular weight excluding hydrogens is 478 g/mol. The number of carbonyl (C=O) groups excluding carboxylic acids is 2. The molecule has 2 amide bonds. The number of aromatic nitrogens is 1. The first-order valence-corrected chi connectivity index (χ1v) is 14.3. The summed E-state index contributed by atoms with van der Waals surface area (Å²) in [6.07, 6.45) is 4.09. The number of aryl methyl sites for hydroxylation is 1. The van der Waals surface area contributed by atoms with Crippen LogP contribution in [-0.2, 0) is 21.9 Å². The fourth-order valence-corrected chi connectivity index (χ4v) is 7.11. The van der Waals surface area contributed by atoms with E-state index in [2.05, 4.69) is 16.7 Å². The summed E-state index contributed by atoms with van der Waals surface area (Å²) in [6.45, 7) is 4.33. The van der Waals surface area contributed by atoms with E-state index in [1.54, 1.807) is 11.6 Å². The van der Waals surface area contributed by atoms with Gasteiger partial charge in [0.15, 0.2) is 0 Å². The van der Waals surface area contributed by atoms with E-state index in [1.165, 1.54) is 4.31 Å². The number of anilines is 1. The number of nitrogens with zero attached hydrogens (tertiary/aromatic N) is 3. The third-order valence-corrected chi connectivity index (χ3v) is 9.08. The molecule has 2 fully saturated rings. The molecule has 1 saturated carbocycles. The molecule has 0 unspecified atom stereocenters. The Morgan fingerprint density at radius 2 is 1.89 bits per heavy atom. The van der Waals surface area contributed by atoms with Crippen molar-refractivity contribution in [3.8, 4) is 6.07 Å². The number of para-hydroxylation sites is 1. The second-order valence-electron chi connectivity index (χ2n) is 10.3.